The molecule has 2 heterocycles. The van der Waals surface area contributed by atoms with Crippen molar-refractivity contribution in [2.24, 2.45) is 5.84 Å². The van der Waals surface area contributed by atoms with Crippen molar-refractivity contribution in [1.82, 2.24) is 10.4 Å². The van der Waals surface area contributed by atoms with E-state index in [-0.39, 0.29) is 6.04 Å². The number of hydrogen-bond donors (Lipinski definition) is 2. The monoisotopic (exact) mass is 253 g/mol. The molecule has 0 bridgehead atoms. The third kappa shape index (κ3) is 2.04. The van der Waals surface area contributed by atoms with Crippen molar-refractivity contribution in [3.05, 3.63) is 37.5 Å². The van der Waals surface area contributed by atoms with Gasteiger partial charge >= 0.3 is 0 Å². The molecule has 1 unspecified atom stereocenters. The van der Waals surface area contributed by atoms with Crippen LogP contribution in [-0.4, -0.2) is 4.98 Å². The van der Waals surface area contributed by atoms with Gasteiger partial charge in [-0.15, -0.1) is 22.7 Å². The van der Waals surface area contributed by atoms with Gasteiger partial charge in [-0.2, -0.15) is 0 Å². The molecule has 0 saturated heterocycles. The highest BCUT2D eigenvalue weighted by Gasteiger charge is 2.20. The van der Waals surface area contributed by atoms with Crippen molar-refractivity contribution in [3.63, 3.8) is 0 Å². The zero-order valence-corrected chi connectivity index (χ0v) is 11.2. The summed E-state index contributed by atoms with van der Waals surface area (Å²) >= 11 is 3.45. The zero-order chi connectivity index (χ0) is 11.7. The van der Waals surface area contributed by atoms with Crippen LogP contribution in [0.2, 0.25) is 0 Å². The van der Waals surface area contributed by atoms with E-state index in [4.69, 9.17) is 5.84 Å². The van der Waals surface area contributed by atoms with Gasteiger partial charge in [0.1, 0.15) is 0 Å². The van der Waals surface area contributed by atoms with E-state index in [1.807, 2.05) is 13.8 Å². The summed E-state index contributed by atoms with van der Waals surface area (Å²) in [6.45, 7) is 6.17. The molecule has 0 saturated carbocycles. The largest absolute Gasteiger partial charge is 0.271 e. The molecule has 86 valence electrons. The van der Waals surface area contributed by atoms with E-state index in [9.17, 15) is 0 Å². The highest BCUT2D eigenvalue weighted by atomic mass is 32.1. The number of aryl methyl sites for hydroxylation is 3. The summed E-state index contributed by atoms with van der Waals surface area (Å²) in [5.41, 5.74) is 5.21. The Morgan fingerprint density at radius 2 is 2.12 bits per heavy atom. The van der Waals surface area contributed by atoms with Crippen molar-refractivity contribution in [1.29, 1.82) is 0 Å². The lowest BCUT2D eigenvalue weighted by Gasteiger charge is -2.14. The summed E-state index contributed by atoms with van der Waals surface area (Å²) in [6, 6.07) is 2.19. The molecule has 0 fully saturated rings. The number of aromatic nitrogens is 1. The van der Waals surface area contributed by atoms with E-state index in [1.54, 1.807) is 22.7 Å². The zero-order valence-electron chi connectivity index (χ0n) is 9.57. The van der Waals surface area contributed by atoms with Crippen molar-refractivity contribution in [2.45, 2.75) is 26.8 Å². The smallest absolute Gasteiger partial charge is 0.0900 e. The highest BCUT2D eigenvalue weighted by Crippen LogP contribution is 2.32. The fourth-order valence-electron chi connectivity index (χ4n) is 1.82. The molecule has 3 nitrogen and oxygen atoms in total. The van der Waals surface area contributed by atoms with Crippen LogP contribution in [0.3, 0.4) is 0 Å². The maximum absolute atomic E-state index is 5.68. The molecule has 0 spiro atoms. The van der Waals surface area contributed by atoms with Gasteiger partial charge < -0.3 is 0 Å². The molecule has 1 atom stereocenters. The Morgan fingerprint density at radius 3 is 2.56 bits per heavy atom. The number of rotatable bonds is 3. The number of nitrogens with zero attached hydrogens (tertiary/aromatic N) is 1. The van der Waals surface area contributed by atoms with Crippen LogP contribution in [0, 0.1) is 20.8 Å². The van der Waals surface area contributed by atoms with Crippen molar-refractivity contribution in [3.8, 4) is 0 Å². The molecule has 0 aromatic carbocycles. The maximum atomic E-state index is 5.68. The Labute approximate surface area is 103 Å². The van der Waals surface area contributed by atoms with E-state index >= 15 is 0 Å². The number of nitrogens with one attached hydrogen (secondary N) is 1. The Kier molecular flexibility index (Phi) is 3.39. The highest BCUT2D eigenvalue weighted by molar-refractivity contribution is 7.12. The Bertz CT molecular complexity index is 487. The summed E-state index contributed by atoms with van der Waals surface area (Å²) in [5.74, 6) is 5.68. The van der Waals surface area contributed by atoms with Crippen LogP contribution in [0.5, 0.6) is 0 Å². The van der Waals surface area contributed by atoms with E-state index in [0.717, 1.165) is 10.7 Å². The van der Waals surface area contributed by atoms with Gasteiger partial charge in [-0.3, -0.25) is 5.84 Å². The molecular weight excluding hydrogens is 238 g/mol. The van der Waals surface area contributed by atoms with Gasteiger partial charge in [0.25, 0.3) is 0 Å². The fraction of sp³-hybridized carbons (Fsp3) is 0.364. The molecule has 16 heavy (non-hydrogen) atoms. The van der Waals surface area contributed by atoms with Gasteiger partial charge in [-0.1, -0.05) is 0 Å². The Morgan fingerprint density at radius 1 is 1.38 bits per heavy atom. The second kappa shape index (κ2) is 4.63. The Hall–Kier alpha value is -0.750. The minimum atomic E-state index is 0.0671. The summed E-state index contributed by atoms with van der Waals surface area (Å²) in [7, 11) is 0. The first kappa shape index (κ1) is 11.7. The molecular formula is C11H15N3S2. The Balaban J connectivity index is 2.44. The molecule has 0 amide bonds. The lowest BCUT2D eigenvalue weighted by Crippen LogP contribution is -2.28. The van der Waals surface area contributed by atoms with Crippen LogP contribution >= 0.6 is 22.7 Å². The topological polar surface area (TPSA) is 50.9 Å². The predicted molar refractivity (Wildman–Crippen MR) is 69.8 cm³/mol. The third-order valence-corrected chi connectivity index (χ3v) is 4.58. The lowest BCUT2D eigenvalue weighted by atomic mass is 10.1. The second-order valence-corrected chi connectivity index (χ2v) is 6.07. The molecule has 0 aliphatic rings. The van der Waals surface area contributed by atoms with Crippen LogP contribution in [0.1, 0.15) is 32.1 Å². The SMILES string of the molecule is Cc1nc(C)c(C(NN)c2ccsc2C)s1. The van der Waals surface area contributed by atoms with Crippen molar-refractivity contribution in [2.75, 3.05) is 0 Å². The minimum Gasteiger partial charge on any atom is -0.271 e. The van der Waals surface area contributed by atoms with Crippen molar-refractivity contribution >= 4 is 22.7 Å². The van der Waals surface area contributed by atoms with Crippen molar-refractivity contribution < 1.29 is 0 Å². The summed E-state index contributed by atoms with van der Waals surface area (Å²) in [6.07, 6.45) is 0. The van der Waals surface area contributed by atoms with Crippen LogP contribution in [0.4, 0.5) is 0 Å². The van der Waals surface area contributed by atoms with Crippen LogP contribution in [0.25, 0.3) is 0 Å². The maximum Gasteiger partial charge on any atom is 0.0900 e. The van der Waals surface area contributed by atoms with Gasteiger partial charge in [0.05, 0.1) is 21.6 Å². The van der Waals surface area contributed by atoms with Crippen LogP contribution < -0.4 is 11.3 Å². The summed E-state index contributed by atoms with van der Waals surface area (Å²) < 4.78 is 0. The second-order valence-electron chi connectivity index (χ2n) is 3.71. The van der Waals surface area contributed by atoms with E-state index in [1.165, 1.54) is 15.3 Å². The normalized spacial score (nSPS) is 13.0. The third-order valence-electron chi connectivity index (χ3n) is 2.58. The van der Waals surface area contributed by atoms with E-state index in [2.05, 4.69) is 28.8 Å². The molecule has 0 radical (unpaired) electrons. The van der Waals surface area contributed by atoms with Gasteiger partial charge in [0.2, 0.25) is 0 Å². The molecule has 0 aliphatic carbocycles. The molecule has 2 aromatic rings. The van der Waals surface area contributed by atoms with E-state index in [0.29, 0.717) is 0 Å². The van der Waals surface area contributed by atoms with Crippen LogP contribution in [-0.2, 0) is 0 Å². The number of thiazole rings is 1. The number of hydrogen-bond acceptors (Lipinski definition) is 5. The first-order valence-corrected chi connectivity index (χ1v) is 6.77. The van der Waals surface area contributed by atoms with Gasteiger partial charge in [-0.05, 0) is 37.8 Å². The number of hydrazine groups is 1. The van der Waals surface area contributed by atoms with E-state index < -0.39 is 0 Å². The standard InChI is InChI=1S/C11H15N3S2/c1-6-11(16-8(3)13-6)10(14-12)9-4-5-15-7(9)2/h4-5,10,14H,12H2,1-3H3. The first-order chi connectivity index (χ1) is 7.63. The van der Waals surface area contributed by atoms with Gasteiger partial charge in [0, 0.05) is 4.88 Å². The van der Waals surface area contributed by atoms with Gasteiger partial charge in [0.15, 0.2) is 0 Å². The lowest BCUT2D eigenvalue weighted by molar-refractivity contribution is 0.641. The first-order valence-electron chi connectivity index (χ1n) is 5.07. The molecule has 2 rings (SSSR count). The van der Waals surface area contributed by atoms with Gasteiger partial charge in [-0.25, -0.2) is 10.4 Å². The number of thiophene rings is 1. The van der Waals surface area contributed by atoms with Crippen LogP contribution in [0.15, 0.2) is 11.4 Å². The minimum absolute atomic E-state index is 0.0671. The molecule has 2 aromatic heterocycles. The fourth-order valence-corrected chi connectivity index (χ4v) is 3.56. The average molecular weight is 253 g/mol. The summed E-state index contributed by atoms with van der Waals surface area (Å²) in [5, 5.41) is 3.18. The molecule has 3 N–H and O–H groups in total. The summed E-state index contributed by atoms with van der Waals surface area (Å²) in [4.78, 5) is 6.95. The predicted octanol–water partition coefficient (Wildman–Crippen LogP) is 2.68. The number of nitrogens with two attached hydrogens (primary N) is 1. The molecule has 0 aliphatic heterocycles. The molecule has 5 heteroatoms. The quantitative estimate of drug-likeness (QED) is 0.653. The average Bonchev–Trinajstić information content (AvgIpc) is 2.77.